The van der Waals surface area contributed by atoms with Gasteiger partial charge in [0.1, 0.15) is 11.6 Å². The molecule has 136 valence electrons. The SMILES string of the molecule is Cc1cccc2[nH]c(C3CCCN3CCC(=O)NCc3ccco3)nc12. The van der Waals surface area contributed by atoms with Crippen molar-refractivity contribution in [3.8, 4) is 0 Å². The summed E-state index contributed by atoms with van der Waals surface area (Å²) in [4.78, 5) is 22.8. The summed E-state index contributed by atoms with van der Waals surface area (Å²) < 4.78 is 5.24. The van der Waals surface area contributed by atoms with Crippen LogP contribution < -0.4 is 5.32 Å². The van der Waals surface area contributed by atoms with Gasteiger partial charge in [-0.2, -0.15) is 0 Å². The topological polar surface area (TPSA) is 74.2 Å². The lowest BCUT2D eigenvalue weighted by Crippen LogP contribution is -2.30. The number of aromatic amines is 1. The van der Waals surface area contributed by atoms with E-state index in [1.54, 1.807) is 6.26 Å². The number of aromatic nitrogens is 2. The number of hydrogen-bond acceptors (Lipinski definition) is 4. The summed E-state index contributed by atoms with van der Waals surface area (Å²) in [5.41, 5.74) is 3.32. The second-order valence-corrected chi connectivity index (χ2v) is 6.89. The molecule has 1 fully saturated rings. The minimum absolute atomic E-state index is 0.0486. The van der Waals surface area contributed by atoms with Crippen LogP contribution in [0.4, 0.5) is 0 Å². The highest BCUT2D eigenvalue weighted by molar-refractivity contribution is 5.78. The van der Waals surface area contributed by atoms with Crippen LogP contribution >= 0.6 is 0 Å². The first-order valence-electron chi connectivity index (χ1n) is 9.19. The van der Waals surface area contributed by atoms with Crippen molar-refractivity contribution in [2.45, 2.75) is 38.8 Å². The third kappa shape index (κ3) is 3.51. The molecular formula is C20H24N4O2. The van der Waals surface area contributed by atoms with Crippen molar-refractivity contribution in [3.63, 3.8) is 0 Å². The molecule has 0 spiro atoms. The fourth-order valence-corrected chi connectivity index (χ4v) is 3.69. The first-order valence-corrected chi connectivity index (χ1v) is 9.19. The van der Waals surface area contributed by atoms with E-state index in [-0.39, 0.29) is 11.9 Å². The van der Waals surface area contributed by atoms with Gasteiger partial charge in [-0.15, -0.1) is 0 Å². The van der Waals surface area contributed by atoms with Crippen LogP contribution in [0.1, 0.15) is 42.5 Å². The smallest absolute Gasteiger partial charge is 0.221 e. The maximum absolute atomic E-state index is 12.1. The number of fused-ring (bicyclic) bond motifs is 1. The highest BCUT2D eigenvalue weighted by atomic mass is 16.3. The molecule has 1 saturated heterocycles. The normalized spacial score (nSPS) is 17.8. The van der Waals surface area contributed by atoms with Gasteiger partial charge in [0.05, 0.1) is 29.9 Å². The molecule has 0 aliphatic carbocycles. The Morgan fingerprint density at radius 1 is 1.38 bits per heavy atom. The molecular weight excluding hydrogens is 328 g/mol. The molecule has 1 amide bonds. The maximum Gasteiger partial charge on any atom is 0.221 e. The predicted molar refractivity (Wildman–Crippen MR) is 99.6 cm³/mol. The number of para-hydroxylation sites is 1. The van der Waals surface area contributed by atoms with E-state index in [4.69, 9.17) is 9.40 Å². The number of H-pyrrole nitrogens is 1. The molecule has 2 N–H and O–H groups in total. The van der Waals surface area contributed by atoms with Gasteiger partial charge in [-0.05, 0) is 50.1 Å². The largest absolute Gasteiger partial charge is 0.467 e. The van der Waals surface area contributed by atoms with E-state index in [2.05, 4.69) is 40.3 Å². The molecule has 1 atom stereocenters. The number of imidazole rings is 1. The lowest BCUT2D eigenvalue weighted by Gasteiger charge is -2.22. The number of benzene rings is 1. The lowest BCUT2D eigenvalue weighted by molar-refractivity contribution is -0.121. The zero-order chi connectivity index (χ0) is 17.9. The monoisotopic (exact) mass is 352 g/mol. The Morgan fingerprint density at radius 2 is 2.31 bits per heavy atom. The summed E-state index contributed by atoms with van der Waals surface area (Å²) in [5, 5.41) is 2.91. The van der Waals surface area contributed by atoms with E-state index >= 15 is 0 Å². The number of carbonyl (C=O) groups is 1. The Morgan fingerprint density at radius 3 is 3.12 bits per heavy atom. The number of rotatable bonds is 6. The van der Waals surface area contributed by atoms with Gasteiger partial charge in [0.25, 0.3) is 0 Å². The first-order chi connectivity index (χ1) is 12.7. The van der Waals surface area contributed by atoms with Crippen molar-refractivity contribution in [2.75, 3.05) is 13.1 Å². The third-order valence-corrected chi connectivity index (χ3v) is 5.08. The fraction of sp³-hybridized carbons (Fsp3) is 0.400. The van der Waals surface area contributed by atoms with Crippen molar-refractivity contribution in [3.05, 3.63) is 53.7 Å². The van der Waals surface area contributed by atoms with Gasteiger partial charge in [-0.25, -0.2) is 4.98 Å². The van der Waals surface area contributed by atoms with Crippen LogP contribution in [0.15, 0.2) is 41.0 Å². The zero-order valence-corrected chi connectivity index (χ0v) is 15.0. The molecule has 6 heteroatoms. The van der Waals surface area contributed by atoms with Crippen molar-refractivity contribution < 1.29 is 9.21 Å². The third-order valence-electron chi connectivity index (χ3n) is 5.08. The Bertz CT molecular complexity index is 884. The van der Waals surface area contributed by atoms with Crippen molar-refractivity contribution in [2.24, 2.45) is 0 Å². The van der Waals surface area contributed by atoms with Gasteiger partial charge in [-0.3, -0.25) is 9.69 Å². The second-order valence-electron chi connectivity index (χ2n) is 6.89. The number of nitrogens with one attached hydrogen (secondary N) is 2. The van der Waals surface area contributed by atoms with Gasteiger partial charge >= 0.3 is 0 Å². The van der Waals surface area contributed by atoms with Gasteiger partial charge in [0, 0.05) is 13.0 Å². The average molecular weight is 352 g/mol. The molecule has 0 bridgehead atoms. The highest BCUT2D eigenvalue weighted by Gasteiger charge is 2.28. The second kappa shape index (κ2) is 7.33. The van der Waals surface area contributed by atoms with Crippen LogP contribution in [0.5, 0.6) is 0 Å². The molecule has 1 unspecified atom stereocenters. The van der Waals surface area contributed by atoms with Gasteiger partial charge in [-0.1, -0.05) is 12.1 Å². The van der Waals surface area contributed by atoms with Crippen molar-refractivity contribution >= 4 is 16.9 Å². The summed E-state index contributed by atoms with van der Waals surface area (Å²) in [5.74, 6) is 1.84. The van der Waals surface area contributed by atoms with Crippen molar-refractivity contribution in [1.29, 1.82) is 0 Å². The minimum atomic E-state index is 0.0486. The Labute approximate surface area is 152 Å². The van der Waals surface area contributed by atoms with Gasteiger partial charge in [0.15, 0.2) is 0 Å². The van der Waals surface area contributed by atoms with Gasteiger partial charge in [0.2, 0.25) is 5.91 Å². The van der Waals surface area contributed by atoms with E-state index in [0.29, 0.717) is 13.0 Å². The minimum Gasteiger partial charge on any atom is -0.467 e. The highest BCUT2D eigenvalue weighted by Crippen LogP contribution is 2.31. The summed E-state index contributed by atoms with van der Waals surface area (Å²) in [7, 11) is 0. The molecule has 1 aromatic carbocycles. The van der Waals surface area contributed by atoms with Crippen LogP contribution in [0.3, 0.4) is 0 Å². The molecule has 1 aliphatic rings. The molecule has 1 aliphatic heterocycles. The van der Waals surface area contributed by atoms with Crippen LogP contribution in [0.25, 0.3) is 11.0 Å². The Balaban J connectivity index is 1.37. The molecule has 4 rings (SSSR count). The molecule has 3 aromatic rings. The number of carbonyl (C=O) groups excluding carboxylic acids is 1. The van der Waals surface area contributed by atoms with Crippen LogP contribution in [0, 0.1) is 6.92 Å². The fourth-order valence-electron chi connectivity index (χ4n) is 3.69. The molecule has 6 nitrogen and oxygen atoms in total. The first kappa shape index (κ1) is 16.8. The average Bonchev–Trinajstić information content (AvgIpc) is 3.37. The lowest BCUT2D eigenvalue weighted by atomic mass is 10.2. The van der Waals surface area contributed by atoms with E-state index in [1.165, 1.54) is 5.56 Å². The summed E-state index contributed by atoms with van der Waals surface area (Å²) in [6, 6.07) is 10.2. The molecule has 2 aromatic heterocycles. The summed E-state index contributed by atoms with van der Waals surface area (Å²) >= 11 is 0. The maximum atomic E-state index is 12.1. The van der Waals surface area contributed by atoms with Gasteiger partial charge < -0.3 is 14.7 Å². The molecule has 3 heterocycles. The summed E-state index contributed by atoms with van der Waals surface area (Å²) in [6.45, 7) is 4.28. The predicted octanol–water partition coefficient (Wildman–Crippen LogP) is 3.31. The number of likely N-dealkylation sites (tertiary alicyclic amines) is 1. The van der Waals surface area contributed by atoms with Crippen LogP contribution in [-0.2, 0) is 11.3 Å². The number of hydrogen-bond donors (Lipinski definition) is 2. The zero-order valence-electron chi connectivity index (χ0n) is 15.0. The quantitative estimate of drug-likeness (QED) is 0.714. The van der Waals surface area contributed by atoms with Crippen LogP contribution in [-0.4, -0.2) is 33.9 Å². The molecule has 0 radical (unpaired) electrons. The molecule has 0 saturated carbocycles. The summed E-state index contributed by atoms with van der Waals surface area (Å²) in [6.07, 6.45) is 4.31. The standard InChI is InChI=1S/C20H24N4O2/c1-14-5-2-7-16-19(14)23-20(22-16)17-8-3-10-24(17)11-9-18(25)21-13-15-6-4-12-26-15/h2,4-7,12,17H,3,8-11,13H2,1H3,(H,21,25)(H,22,23). The van der Waals surface area contributed by atoms with E-state index < -0.39 is 0 Å². The number of aryl methyl sites for hydroxylation is 1. The number of nitrogens with zero attached hydrogens (tertiary/aromatic N) is 2. The molecule has 26 heavy (non-hydrogen) atoms. The number of amides is 1. The Hall–Kier alpha value is -2.60. The van der Waals surface area contributed by atoms with E-state index in [1.807, 2.05) is 12.1 Å². The van der Waals surface area contributed by atoms with E-state index in [9.17, 15) is 4.79 Å². The Kier molecular flexibility index (Phi) is 4.75. The van der Waals surface area contributed by atoms with Crippen LogP contribution in [0.2, 0.25) is 0 Å². The van der Waals surface area contributed by atoms with Crippen molar-refractivity contribution in [1.82, 2.24) is 20.2 Å². The van der Waals surface area contributed by atoms with E-state index in [0.717, 1.165) is 48.5 Å². The number of furan rings is 1.